The number of anilines is 1. The van der Waals surface area contributed by atoms with E-state index in [-0.39, 0.29) is 11.3 Å². The van der Waals surface area contributed by atoms with E-state index in [9.17, 15) is 9.59 Å². The fourth-order valence-corrected chi connectivity index (χ4v) is 1.81. The number of carboxylic acid groups (broad SMARTS) is 1. The van der Waals surface area contributed by atoms with E-state index in [2.05, 4.69) is 5.32 Å². The molecule has 1 aliphatic carbocycles. The standard InChI is InChI=1S/C13H13NO3/c1-8-11(6-7-12(8)15)14-10-4-2-9(3-5-10)13(16)17/h2-5,14H,6-7H2,1H3,(H,16,17). The van der Waals surface area contributed by atoms with E-state index in [4.69, 9.17) is 5.11 Å². The van der Waals surface area contributed by atoms with E-state index in [0.29, 0.717) is 6.42 Å². The highest BCUT2D eigenvalue weighted by molar-refractivity contribution is 5.98. The highest BCUT2D eigenvalue weighted by Crippen LogP contribution is 2.24. The molecule has 0 saturated carbocycles. The summed E-state index contributed by atoms with van der Waals surface area (Å²) in [5.74, 6) is -0.766. The van der Waals surface area contributed by atoms with Gasteiger partial charge in [0.25, 0.3) is 0 Å². The van der Waals surface area contributed by atoms with Gasteiger partial charge in [0.1, 0.15) is 0 Å². The van der Waals surface area contributed by atoms with Crippen LogP contribution in [0.15, 0.2) is 35.5 Å². The number of carbonyl (C=O) groups is 2. The first-order valence-electron chi connectivity index (χ1n) is 5.41. The molecule has 0 aromatic heterocycles. The average molecular weight is 231 g/mol. The van der Waals surface area contributed by atoms with E-state index >= 15 is 0 Å². The number of carboxylic acids is 1. The molecule has 0 atom stereocenters. The number of Topliss-reactive ketones (excluding diaryl/α,β-unsaturated/α-hetero) is 1. The number of carbonyl (C=O) groups excluding carboxylic acids is 1. The SMILES string of the molecule is CC1=C(Nc2ccc(C(=O)O)cc2)CCC1=O. The smallest absolute Gasteiger partial charge is 0.335 e. The van der Waals surface area contributed by atoms with Gasteiger partial charge in [-0.3, -0.25) is 4.79 Å². The van der Waals surface area contributed by atoms with Gasteiger partial charge in [0, 0.05) is 23.4 Å². The first-order chi connectivity index (χ1) is 8.08. The Morgan fingerprint density at radius 2 is 1.88 bits per heavy atom. The van der Waals surface area contributed by atoms with E-state index in [1.54, 1.807) is 12.1 Å². The van der Waals surface area contributed by atoms with Crippen molar-refractivity contribution in [3.8, 4) is 0 Å². The maximum absolute atomic E-state index is 11.3. The Hall–Kier alpha value is -2.10. The third-order valence-electron chi connectivity index (χ3n) is 2.90. The summed E-state index contributed by atoms with van der Waals surface area (Å²) >= 11 is 0. The van der Waals surface area contributed by atoms with Crippen molar-refractivity contribution in [3.05, 3.63) is 41.1 Å². The van der Waals surface area contributed by atoms with Gasteiger partial charge in [0.15, 0.2) is 5.78 Å². The van der Waals surface area contributed by atoms with Crippen molar-refractivity contribution in [1.29, 1.82) is 0 Å². The zero-order valence-electron chi connectivity index (χ0n) is 9.49. The van der Waals surface area contributed by atoms with Gasteiger partial charge in [-0.2, -0.15) is 0 Å². The van der Waals surface area contributed by atoms with Crippen LogP contribution in [0.3, 0.4) is 0 Å². The van der Waals surface area contributed by atoms with E-state index in [1.807, 2.05) is 6.92 Å². The summed E-state index contributed by atoms with van der Waals surface area (Å²) in [7, 11) is 0. The van der Waals surface area contributed by atoms with Crippen molar-refractivity contribution in [2.24, 2.45) is 0 Å². The third-order valence-corrected chi connectivity index (χ3v) is 2.90. The lowest BCUT2D eigenvalue weighted by atomic mass is 10.2. The van der Waals surface area contributed by atoms with Gasteiger partial charge < -0.3 is 10.4 Å². The molecule has 0 amide bonds. The van der Waals surface area contributed by atoms with E-state index < -0.39 is 5.97 Å². The molecule has 1 aromatic rings. The van der Waals surface area contributed by atoms with Crippen molar-refractivity contribution in [2.75, 3.05) is 5.32 Å². The summed E-state index contributed by atoms with van der Waals surface area (Å²) < 4.78 is 0. The highest BCUT2D eigenvalue weighted by Gasteiger charge is 2.18. The van der Waals surface area contributed by atoms with Crippen LogP contribution in [0.25, 0.3) is 0 Å². The molecule has 2 N–H and O–H groups in total. The van der Waals surface area contributed by atoms with Gasteiger partial charge in [0.05, 0.1) is 5.56 Å². The van der Waals surface area contributed by atoms with Crippen molar-refractivity contribution >= 4 is 17.4 Å². The van der Waals surface area contributed by atoms with Crippen LogP contribution in [0.5, 0.6) is 0 Å². The summed E-state index contributed by atoms with van der Waals surface area (Å²) in [4.78, 5) is 22.0. The van der Waals surface area contributed by atoms with Crippen LogP contribution >= 0.6 is 0 Å². The van der Waals surface area contributed by atoms with Crippen LogP contribution in [0.2, 0.25) is 0 Å². The minimum absolute atomic E-state index is 0.176. The lowest BCUT2D eigenvalue weighted by Gasteiger charge is -2.08. The van der Waals surface area contributed by atoms with Crippen molar-refractivity contribution < 1.29 is 14.7 Å². The molecule has 0 aliphatic heterocycles. The largest absolute Gasteiger partial charge is 0.478 e. The van der Waals surface area contributed by atoms with Crippen molar-refractivity contribution in [1.82, 2.24) is 0 Å². The number of allylic oxidation sites excluding steroid dienone is 2. The Morgan fingerprint density at radius 1 is 1.24 bits per heavy atom. The van der Waals surface area contributed by atoms with Crippen LogP contribution in [-0.4, -0.2) is 16.9 Å². The first kappa shape index (κ1) is 11.4. The fraction of sp³-hybridized carbons (Fsp3) is 0.231. The van der Waals surface area contributed by atoms with Crippen LogP contribution < -0.4 is 5.32 Å². The van der Waals surface area contributed by atoms with E-state index in [0.717, 1.165) is 23.4 Å². The number of rotatable bonds is 3. The van der Waals surface area contributed by atoms with Gasteiger partial charge in [-0.25, -0.2) is 4.79 Å². The summed E-state index contributed by atoms with van der Waals surface area (Å²) in [6, 6.07) is 6.48. The number of benzene rings is 1. The Morgan fingerprint density at radius 3 is 2.35 bits per heavy atom. The lowest BCUT2D eigenvalue weighted by molar-refractivity contribution is -0.114. The lowest BCUT2D eigenvalue weighted by Crippen LogP contribution is -2.01. The Bertz CT molecular complexity index is 500. The fourth-order valence-electron chi connectivity index (χ4n) is 1.81. The number of hydrogen-bond donors (Lipinski definition) is 2. The minimum atomic E-state index is -0.942. The molecule has 0 heterocycles. The molecular formula is C13H13NO3. The second-order valence-corrected chi connectivity index (χ2v) is 4.03. The number of nitrogens with one attached hydrogen (secondary N) is 1. The maximum atomic E-state index is 11.3. The second kappa shape index (κ2) is 4.41. The molecule has 4 nitrogen and oxygen atoms in total. The van der Waals surface area contributed by atoms with Crippen LogP contribution in [0, 0.1) is 0 Å². The predicted octanol–water partition coefficient (Wildman–Crippen LogP) is 2.43. The number of aromatic carboxylic acids is 1. The molecule has 88 valence electrons. The summed E-state index contributed by atoms with van der Waals surface area (Å²) in [5.41, 5.74) is 2.76. The number of ketones is 1. The summed E-state index contributed by atoms with van der Waals surface area (Å²) in [6.45, 7) is 1.81. The molecule has 0 unspecified atom stereocenters. The number of hydrogen-bond acceptors (Lipinski definition) is 3. The molecular weight excluding hydrogens is 218 g/mol. The second-order valence-electron chi connectivity index (χ2n) is 4.03. The molecule has 0 saturated heterocycles. The maximum Gasteiger partial charge on any atom is 0.335 e. The van der Waals surface area contributed by atoms with Crippen molar-refractivity contribution in [2.45, 2.75) is 19.8 Å². The minimum Gasteiger partial charge on any atom is -0.478 e. The molecule has 17 heavy (non-hydrogen) atoms. The zero-order valence-corrected chi connectivity index (χ0v) is 9.49. The molecule has 0 fully saturated rings. The van der Waals surface area contributed by atoms with Gasteiger partial charge in [-0.15, -0.1) is 0 Å². The Balaban J connectivity index is 2.15. The van der Waals surface area contributed by atoms with Gasteiger partial charge in [-0.1, -0.05) is 0 Å². The summed E-state index contributed by atoms with van der Waals surface area (Å²) in [6.07, 6.45) is 1.28. The van der Waals surface area contributed by atoms with Crippen LogP contribution in [-0.2, 0) is 4.79 Å². The molecule has 1 aromatic carbocycles. The van der Waals surface area contributed by atoms with Crippen LogP contribution in [0.4, 0.5) is 5.69 Å². The van der Waals surface area contributed by atoms with E-state index in [1.165, 1.54) is 12.1 Å². The summed E-state index contributed by atoms with van der Waals surface area (Å²) in [5, 5.41) is 11.9. The monoisotopic (exact) mass is 231 g/mol. The topological polar surface area (TPSA) is 66.4 Å². The van der Waals surface area contributed by atoms with Crippen LogP contribution in [0.1, 0.15) is 30.1 Å². The van der Waals surface area contributed by atoms with Crippen molar-refractivity contribution in [3.63, 3.8) is 0 Å². The Kier molecular flexibility index (Phi) is 2.95. The molecule has 4 heteroatoms. The quantitative estimate of drug-likeness (QED) is 0.838. The third kappa shape index (κ3) is 2.36. The Labute approximate surface area is 99.0 Å². The van der Waals surface area contributed by atoms with Gasteiger partial charge in [0.2, 0.25) is 0 Å². The molecule has 2 rings (SSSR count). The van der Waals surface area contributed by atoms with Gasteiger partial charge in [-0.05, 0) is 37.6 Å². The predicted molar refractivity (Wildman–Crippen MR) is 64.0 cm³/mol. The molecule has 0 spiro atoms. The molecule has 0 bridgehead atoms. The van der Waals surface area contributed by atoms with Gasteiger partial charge >= 0.3 is 5.97 Å². The molecule has 0 radical (unpaired) electrons. The first-order valence-corrected chi connectivity index (χ1v) is 5.41. The molecule has 1 aliphatic rings. The highest BCUT2D eigenvalue weighted by atomic mass is 16.4. The normalized spacial score (nSPS) is 15.2. The average Bonchev–Trinajstić information content (AvgIpc) is 2.62. The zero-order chi connectivity index (χ0) is 12.4.